The lowest BCUT2D eigenvalue weighted by atomic mass is 9.86. The van der Waals surface area contributed by atoms with Crippen LogP contribution >= 0.6 is 0 Å². The molecule has 0 saturated heterocycles. The number of rotatable bonds is 3. The zero-order chi connectivity index (χ0) is 14.0. The van der Waals surface area contributed by atoms with Gasteiger partial charge in [-0.2, -0.15) is 0 Å². The van der Waals surface area contributed by atoms with Crippen LogP contribution in [-0.2, 0) is 5.41 Å². The standard InChI is InChI=1S/C16H22N2O/c1-11-5-10-14(19-11)15(18-17)12-6-8-13(9-7-12)16(2,3)4/h5-10,15,18H,17H2,1-4H3. The van der Waals surface area contributed by atoms with Gasteiger partial charge >= 0.3 is 0 Å². The molecule has 19 heavy (non-hydrogen) atoms. The third-order valence-electron chi connectivity index (χ3n) is 3.32. The molecule has 0 amide bonds. The van der Waals surface area contributed by atoms with E-state index in [4.69, 9.17) is 10.3 Å². The van der Waals surface area contributed by atoms with Gasteiger partial charge in [-0.05, 0) is 35.6 Å². The van der Waals surface area contributed by atoms with E-state index in [-0.39, 0.29) is 11.5 Å². The van der Waals surface area contributed by atoms with Gasteiger partial charge in [0.1, 0.15) is 17.6 Å². The van der Waals surface area contributed by atoms with Crippen molar-refractivity contribution < 1.29 is 4.42 Å². The summed E-state index contributed by atoms with van der Waals surface area (Å²) in [6.45, 7) is 8.55. The molecule has 0 radical (unpaired) electrons. The van der Waals surface area contributed by atoms with Gasteiger partial charge in [-0.15, -0.1) is 0 Å². The summed E-state index contributed by atoms with van der Waals surface area (Å²) in [6.07, 6.45) is 0. The molecule has 0 bridgehead atoms. The molecule has 0 aliphatic carbocycles. The summed E-state index contributed by atoms with van der Waals surface area (Å²) in [6, 6.07) is 12.3. The van der Waals surface area contributed by atoms with E-state index in [2.05, 4.69) is 50.5 Å². The number of hydrazine groups is 1. The van der Waals surface area contributed by atoms with Gasteiger partial charge in [0, 0.05) is 0 Å². The minimum absolute atomic E-state index is 0.109. The molecule has 1 aromatic heterocycles. The Balaban J connectivity index is 2.30. The molecule has 2 rings (SSSR count). The lowest BCUT2D eigenvalue weighted by molar-refractivity contribution is 0.434. The van der Waals surface area contributed by atoms with Crippen molar-refractivity contribution in [3.8, 4) is 0 Å². The Hall–Kier alpha value is -1.58. The normalized spacial score (nSPS) is 13.5. The van der Waals surface area contributed by atoms with Crippen molar-refractivity contribution in [2.75, 3.05) is 0 Å². The van der Waals surface area contributed by atoms with Crippen LogP contribution in [0.15, 0.2) is 40.8 Å². The second-order valence-corrected chi connectivity index (χ2v) is 5.92. The Morgan fingerprint density at radius 2 is 1.68 bits per heavy atom. The van der Waals surface area contributed by atoms with Crippen LogP contribution < -0.4 is 11.3 Å². The molecule has 0 spiro atoms. The number of hydrogen-bond acceptors (Lipinski definition) is 3. The maximum atomic E-state index is 5.66. The molecule has 3 nitrogen and oxygen atoms in total. The van der Waals surface area contributed by atoms with Crippen molar-refractivity contribution >= 4 is 0 Å². The fourth-order valence-corrected chi connectivity index (χ4v) is 2.13. The number of furan rings is 1. The maximum absolute atomic E-state index is 5.66. The van der Waals surface area contributed by atoms with Gasteiger partial charge in [0.15, 0.2) is 0 Å². The lowest BCUT2D eigenvalue weighted by Crippen LogP contribution is -2.28. The molecule has 1 unspecified atom stereocenters. The number of aryl methyl sites for hydroxylation is 1. The molecule has 0 aliphatic rings. The van der Waals surface area contributed by atoms with Crippen molar-refractivity contribution in [2.24, 2.45) is 5.84 Å². The van der Waals surface area contributed by atoms with Crippen molar-refractivity contribution in [1.82, 2.24) is 5.43 Å². The van der Waals surface area contributed by atoms with Gasteiger partial charge < -0.3 is 4.42 Å². The summed E-state index contributed by atoms with van der Waals surface area (Å²) < 4.78 is 5.65. The predicted octanol–water partition coefficient (Wildman–Crippen LogP) is 3.44. The predicted molar refractivity (Wildman–Crippen MR) is 77.8 cm³/mol. The summed E-state index contributed by atoms with van der Waals surface area (Å²) in [5.41, 5.74) is 5.38. The van der Waals surface area contributed by atoms with Crippen molar-refractivity contribution in [3.63, 3.8) is 0 Å². The van der Waals surface area contributed by atoms with Gasteiger partial charge in [-0.3, -0.25) is 5.84 Å². The first-order valence-corrected chi connectivity index (χ1v) is 6.54. The Morgan fingerprint density at radius 3 is 2.11 bits per heavy atom. The summed E-state index contributed by atoms with van der Waals surface area (Å²) >= 11 is 0. The first-order valence-electron chi connectivity index (χ1n) is 6.54. The zero-order valence-electron chi connectivity index (χ0n) is 12.0. The van der Waals surface area contributed by atoms with Crippen LogP contribution in [0.25, 0.3) is 0 Å². The molecule has 3 N–H and O–H groups in total. The molecule has 1 atom stereocenters. The van der Waals surface area contributed by atoms with E-state index < -0.39 is 0 Å². The monoisotopic (exact) mass is 258 g/mol. The van der Waals surface area contributed by atoms with E-state index in [0.29, 0.717) is 0 Å². The van der Waals surface area contributed by atoms with E-state index >= 15 is 0 Å². The van der Waals surface area contributed by atoms with Crippen LogP contribution in [0.5, 0.6) is 0 Å². The van der Waals surface area contributed by atoms with Crippen LogP contribution in [0.3, 0.4) is 0 Å². The molecular weight excluding hydrogens is 236 g/mol. The maximum Gasteiger partial charge on any atom is 0.126 e. The molecule has 0 saturated carbocycles. The molecule has 2 aromatic rings. The third-order valence-corrected chi connectivity index (χ3v) is 3.32. The van der Waals surface area contributed by atoms with Crippen molar-refractivity contribution in [1.29, 1.82) is 0 Å². The summed E-state index contributed by atoms with van der Waals surface area (Å²) in [5.74, 6) is 7.39. The largest absolute Gasteiger partial charge is 0.464 e. The second kappa shape index (κ2) is 5.19. The van der Waals surface area contributed by atoms with Crippen molar-refractivity contribution in [2.45, 2.75) is 39.2 Å². The van der Waals surface area contributed by atoms with Gasteiger partial charge in [-0.1, -0.05) is 45.0 Å². The highest BCUT2D eigenvalue weighted by Gasteiger charge is 2.18. The Bertz CT molecular complexity index is 535. The number of benzene rings is 1. The Kier molecular flexibility index (Phi) is 3.78. The van der Waals surface area contributed by atoms with Gasteiger partial charge in [0.2, 0.25) is 0 Å². The minimum atomic E-state index is -0.109. The van der Waals surface area contributed by atoms with E-state index in [9.17, 15) is 0 Å². The Labute approximate surface area is 114 Å². The third kappa shape index (κ3) is 3.06. The fourth-order valence-electron chi connectivity index (χ4n) is 2.13. The van der Waals surface area contributed by atoms with Crippen LogP contribution in [0.2, 0.25) is 0 Å². The molecule has 0 aliphatic heterocycles. The lowest BCUT2D eigenvalue weighted by Gasteiger charge is -2.20. The minimum Gasteiger partial charge on any atom is -0.464 e. The molecule has 0 fully saturated rings. The highest BCUT2D eigenvalue weighted by molar-refractivity contribution is 5.32. The highest BCUT2D eigenvalue weighted by atomic mass is 16.3. The van der Waals surface area contributed by atoms with E-state index in [0.717, 1.165) is 17.1 Å². The van der Waals surface area contributed by atoms with Gasteiger partial charge in [0.05, 0.1) is 0 Å². The van der Waals surface area contributed by atoms with E-state index in [1.807, 2.05) is 19.1 Å². The smallest absolute Gasteiger partial charge is 0.126 e. The van der Waals surface area contributed by atoms with Crippen LogP contribution in [-0.4, -0.2) is 0 Å². The average Bonchev–Trinajstić information content (AvgIpc) is 2.76. The highest BCUT2D eigenvalue weighted by Crippen LogP contribution is 2.27. The summed E-state index contributed by atoms with van der Waals surface area (Å²) in [7, 11) is 0. The number of nitrogens with one attached hydrogen (secondary N) is 1. The van der Waals surface area contributed by atoms with Crippen LogP contribution in [0, 0.1) is 6.92 Å². The number of hydrogen-bond donors (Lipinski definition) is 2. The zero-order valence-corrected chi connectivity index (χ0v) is 12.0. The topological polar surface area (TPSA) is 51.2 Å². The number of nitrogens with two attached hydrogens (primary N) is 1. The van der Waals surface area contributed by atoms with E-state index in [1.54, 1.807) is 0 Å². The first-order chi connectivity index (χ1) is 8.91. The van der Waals surface area contributed by atoms with E-state index in [1.165, 1.54) is 5.56 Å². The summed E-state index contributed by atoms with van der Waals surface area (Å²) in [4.78, 5) is 0. The molecule has 1 aromatic carbocycles. The first kappa shape index (κ1) is 13.8. The molecule has 102 valence electrons. The fraction of sp³-hybridized carbons (Fsp3) is 0.375. The Morgan fingerprint density at radius 1 is 1.05 bits per heavy atom. The van der Waals surface area contributed by atoms with Crippen LogP contribution in [0.1, 0.15) is 49.5 Å². The average molecular weight is 258 g/mol. The van der Waals surface area contributed by atoms with Gasteiger partial charge in [-0.25, -0.2) is 5.43 Å². The van der Waals surface area contributed by atoms with Gasteiger partial charge in [0.25, 0.3) is 0 Å². The SMILES string of the molecule is Cc1ccc(C(NN)c2ccc(C(C)(C)C)cc2)o1. The van der Waals surface area contributed by atoms with Crippen LogP contribution in [0.4, 0.5) is 0 Å². The second-order valence-electron chi connectivity index (χ2n) is 5.92. The molecule has 1 heterocycles. The molecule has 3 heteroatoms. The summed E-state index contributed by atoms with van der Waals surface area (Å²) in [5, 5.41) is 0. The van der Waals surface area contributed by atoms with Crippen molar-refractivity contribution in [3.05, 3.63) is 59.0 Å². The quantitative estimate of drug-likeness (QED) is 0.655. The molecular formula is C16H22N2O.